The van der Waals surface area contributed by atoms with Gasteiger partial charge in [0.05, 0.1) is 6.54 Å². The van der Waals surface area contributed by atoms with E-state index in [0.717, 1.165) is 23.8 Å². The average molecular weight is 728 g/mol. The van der Waals surface area contributed by atoms with Crippen LogP contribution in [-0.2, 0) is 41.7 Å². The van der Waals surface area contributed by atoms with Gasteiger partial charge in [0.1, 0.15) is 30.7 Å². The number of likely N-dealkylation sites (N-methyl/N-ethyl adjacent to an activating group) is 1. The highest BCUT2D eigenvalue weighted by Gasteiger charge is 2.34. The van der Waals surface area contributed by atoms with Crippen molar-refractivity contribution in [2.75, 3.05) is 20.1 Å². The van der Waals surface area contributed by atoms with Crippen molar-refractivity contribution in [2.45, 2.75) is 83.6 Å². The molecule has 1 aliphatic heterocycles. The van der Waals surface area contributed by atoms with Gasteiger partial charge in [0.25, 0.3) is 0 Å². The molecule has 2 heterocycles. The zero-order chi connectivity index (χ0) is 38.2. The van der Waals surface area contributed by atoms with Gasteiger partial charge in [-0.25, -0.2) is 0 Å². The Morgan fingerprint density at radius 1 is 0.868 bits per heavy atom. The molecule has 53 heavy (non-hydrogen) atoms. The molecule has 0 radical (unpaired) electrons. The number of carbonyl (C=O) groups excluding carboxylic acids is 7. The Labute approximate surface area is 308 Å². The largest absolute Gasteiger partial charge is 0.355 e. The molecule has 4 atom stereocenters. The van der Waals surface area contributed by atoms with Crippen LogP contribution < -0.4 is 26.6 Å². The highest BCUT2D eigenvalue weighted by molar-refractivity contribution is 6.10. The third kappa shape index (κ3) is 10.1. The maximum atomic E-state index is 13.8. The SMILES string of the molecule is CC(C)[C@H]1NC(=O)[C@@H](NC(=O)Cn2cc(C(=O)C3CC3)c3ccccc32)CCCNC(=O)CN(C)C(=O)[C@H](Cc2ccccc2)NC(=O)[C@@H](C)NC1=O. The second kappa shape index (κ2) is 17.3. The van der Waals surface area contributed by atoms with Gasteiger partial charge in [-0.05, 0) is 50.2 Å². The van der Waals surface area contributed by atoms with E-state index in [1.807, 2.05) is 54.6 Å². The molecule has 2 fully saturated rings. The molecule has 1 aliphatic carbocycles. The van der Waals surface area contributed by atoms with Gasteiger partial charge >= 0.3 is 0 Å². The number of rotatable bonds is 8. The third-order valence-electron chi connectivity index (χ3n) is 9.61. The maximum Gasteiger partial charge on any atom is 0.245 e. The number of hydrogen-bond donors (Lipinski definition) is 5. The van der Waals surface area contributed by atoms with Gasteiger partial charge in [0, 0.05) is 48.6 Å². The van der Waals surface area contributed by atoms with Gasteiger partial charge in [0.15, 0.2) is 5.78 Å². The smallest absolute Gasteiger partial charge is 0.245 e. The molecule has 14 heteroatoms. The van der Waals surface area contributed by atoms with Crippen LogP contribution in [-0.4, -0.2) is 95.0 Å². The van der Waals surface area contributed by atoms with Gasteiger partial charge in [-0.15, -0.1) is 0 Å². The van der Waals surface area contributed by atoms with Crippen molar-refractivity contribution in [3.8, 4) is 0 Å². The van der Waals surface area contributed by atoms with E-state index in [1.54, 1.807) is 24.6 Å². The summed E-state index contributed by atoms with van der Waals surface area (Å²) in [5.74, 6) is -3.58. The highest BCUT2D eigenvalue weighted by Crippen LogP contribution is 2.35. The summed E-state index contributed by atoms with van der Waals surface area (Å²) >= 11 is 0. The maximum absolute atomic E-state index is 13.8. The molecule has 5 N–H and O–H groups in total. The Balaban J connectivity index is 1.33. The zero-order valence-corrected chi connectivity index (χ0v) is 30.6. The minimum absolute atomic E-state index is 0.000371. The molecule has 3 aromatic rings. The number of fused-ring (bicyclic) bond motifs is 1. The van der Waals surface area contributed by atoms with Crippen molar-refractivity contribution in [2.24, 2.45) is 11.8 Å². The third-order valence-corrected chi connectivity index (χ3v) is 9.61. The fraction of sp³-hybridized carbons (Fsp3) is 0.462. The van der Waals surface area contributed by atoms with E-state index >= 15 is 0 Å². The Morgan fingerprint density at radius 3 is 2.26 bits per heavy atom. The number of amides is 6. The number of ketones is 1. The second-order valence-corrected chi connectivity index (χ2v) is 14.3. The number of benzene rings is 2. The molecule has 282 valence electrons. The van der Waals surface area contributed by atoms with Crippen molar-refractivity contribution < 1.29 is 33.6 Å². The predicted molar refractivity (Wildman–Crippen MR) is 197 cm³/mol. The predicted octanol–water partition coefficient (Wildman–Crippen LogP) is 1.46. The fourth-order valence-electron chi connectivity index (χ4n) is 6.46. The Kier molecular flexibility index (Phi) is 12.6. The number of nitrogens with one attached hydrogen (secondary N) is 5. The molecule has 2 aromatic carbocycles. The summed E-state index contributed by atoms with van der Waals surface area (Å²) in [5.41, 5.74) is 2.07. The van der Waals surface area contributed by atoms with Crippen molar-refractivity contribution >= 4 is 52.1 Å². The first-order valence-corrected chi connectivity index (χ1v) is 18.2. The van der Waals surface area contributed by atoms with Crippen LogP contribution in [0.25, 0.3) is 10.9 Å². The summed E-state index contributed by atoms with van der Waals surface area (Å²) in [6.07, 6.45) is 3.96. The van der Waals surface area contributed by atoms with Gasteiger partial charge < -0.3 is 36.1 Å². The van der Waals surface area contributed by atoms with Crippen LogP contribution in [0, 0.1) is 11.8 Å². The van der Waals surface area contributed by atoms with Crippen LogP contribution >= 0.6 is 0 Å². The minimum atomic E-state index is -1.08. The van der Waals surface area contributed by atoms with Crippen LogP contribution in [0.4, 0.5) is 0 Å². The van der Waals surface area contributed by atoms with Crippen LogP contribution in [0.2, 0.25) is 0 Å². The lowest BCUT2D eigenvalue weighted by Crippen LogP contribution is -2.59. The van der Waals surface area contributed by atoms with E-state index < -0.39 is 65.5 Å². The van der Waals surface area contributed by atoms with E-state index in [2.05, 4.69) is 26.6 Å². The summed E-state index contributed by atoms with van der Waals surface area (Å²) in [6.45, 7) is 4.66. The van der Waals surface area contributed by atoms with Gasteiger partial charge in [-0.3, -0.25) is 33.6 Å². The first kappa shape index (κ1) is 38.7. The second-order valence-electron chi connectivity index (χ2n) is 14.3. The van der Waals surface area contributed by atoms with Crippen molar-refractivity contribution in [1.82, 2.24) is 36.1 Å². The standard InChI is InChI=1S/C39H49N7O7/c1-23(2)34-38(52)41-24(3)36(50)43-30(19-25-11-6-5-7-12-25)39(53)45(4)21-32(47)40-18-10-14-29(37(51)44-34)42-33(48)22-46-20-28(35(49)26-16-17-26)27-13-8-9-15-31(27)46/h5-9,11-13,15,20,23-24,26,29-30,34H,10,14,16-19,21-22H2,1-4H3,(H,40,47)(H,41,52)(H,42,48)(H,43,50)(H,44,51)/t24-,29+,30+,34-/m1/s1. The fourth-order valence-corrected chi connectivity index (χ4v) is 6.46. The molecule has 1 saturated heterocycles. The number of Topliss-reactive ketones (excluding diaryl/α,β-unsaturated/α-hetero) is 1. The van der Waals surface area contributed by atoms with Gasteiger partial charge in [0.2, 0.25) is 35.4 Å². The van der Waals surface area contributed by atoms with Crippen molar-refractivity contribution in [3.63, 3.8) is 0 Å². The van der Waals surface area contributed by atoms with E-state index in [-0.39, 0.29) is 50.6 Å². The summed E-state index contributed by atoms with van der Waals surface area (Å²) in [4.78, 5) is 94.8. The first-order valence-electron chi connectivity index (χ1n) is 18.2. The zero-order valence-electron chi connectivity index (χ0n) is 30.6. The molecule has 2 aliphatic rings. The van der Waals surface area contributed by atoms with Gasteiger partial charge in [-0.1, -0.05) is 62.4 Å². The normalized spacial score (nSPS) is 22.7. The van der Waals surface area contributed by atoms with Crippen molar-refractivity contribution in [1.29, 1.82) is 0 Å². The number of nitrogens with zero attached hydrogens (tertiary/aromatic N) is 2. The number of carbonyl (C=O) groups is 7. The van der Waals surface area contributed by atoms with Crippen molar-refractivity contribution in [3.05, 3.63) is 71.9 Å². The summed E-state index contributed by atoms with van der Waals surface area (Å²) in [7, 11) is 1.47. The van der Waals surface area contributed by atoms with Crippen LogP contribution in [0.5, 0.6) is 0 Å². The lowest BCUT2D eigenvalue weighted by atomic mass is 10.0. The van der Waals surface area contributed by atoms with Crippen LogP contribution in [0.15, 0.2) is 60.8 Å². The molecular weight excluding hydrogens is 678 g/mol. The quantitative estimate of drug-likeness (QED) is 0.217. The molecule has 1 aromatic heterocycles. The summed E-state index contributed by atoms with van der Waals surface area (Å²) < 4.78 is 1.69. The van der Waals surface area contributed by atoms with E-state index in [4.69, 9.17) is 0 Å². The van der Waals surface area contributed by atoms with Crippen LogP contribution in [0.1, 0.15) is 62.4 Å². The topological polar surface area (TPSA) is 188 Å². The number of hydrogen-bond acceptors (Lipinski definition) is 7. The summed E-state index contributed by atoms with van der Waals surface area (Å²) in [5, 5.41) is 14.5. The lowest BCUT2D eigenvalue weighted by molar-refractivity contribution is -0.139. The molecule has 1 saturated carbocycles. The molecule has 6 amide bonds. The Hall–Kier alpha value is -5.53. The summed E-state index contributed by atoms with van der Waals surface area (Å²) in [6, 6.07) is 12.2. The van der Waals surface area contributed by atoms with E-state index in [0.29, 0.717) is 11.1 Å². The Bertz CT molecular complexity index is 1850. The monoisotopic (exact) mass is 727 g/mol. The average Bonchev–Trinajstić information content (AvgIpc) is 3.92. The first-order chi connectivity index (χ1) is 25.3. The van der Waals surface area contributed by atoms with E-state index in [9.17, 15) is 33.6 Å². The van der Waals surface area contributed by atoms with Gasteiger partial charge in [-0.2, -0.15) is 0 Å². The van der Waals surface area contributed by atoms with Crippen LogP contribution in [0.3, 0.4) is 0 Å². The molecule has 0 bridgehead atoms. The lowest BCUT2D eigenvalue weighted by Gasteiger charge is -2.28. The van der Waals surface area contributed by atoms with E-state index in [1.165, 1.54) is 18.9 Å². The molecule has 0 spiro atoms. The number of para-hydroxylation sites is 1. The number of aromatic nitrogens is 1. The highest BCUT2D eigenvalue weighted by atomic mass is 16.2. The molecule has 0 unspecified atom stereocenters. The molecule has 5 rings (SSSR count). The molecule has 14 nitrogen and oxygen atoms in total. The Morgan fingerprint density at radius 2 is 1.57 bits per heavy atom. The minimum Gasteiger partial charge on any atom is -0.355 e. The molecular formula is C39H49N7O7.